The van der Waals surface area contributed by atoms with Gasteiger partial charge in [-0.15, -0.1) is 0 Å². The van der Waals surface area contributed by atoms with E-state index in [9.17, 15) is 18.8 Å². The highest BCUT2D eigenvalue weighted by atomic mass is 79.9. The first-order chi connectivity index (χ1) is 15.3. The molecule has 0 saturated carbocycles. The van der Waals surface area contributed by atoms with Crippen LogP contribution >= 0.6 is 15.9 Å². The third-order valence-electron chi connectivity index (χ3n) is 5.57. The summed E-state index contributed by atoms with van der Waals surface area (Å²) in [4.78, 5) is 40.0. The number of carbonyl (C=O) groups is 3. The van der Waals surface area contributed by atoms with Crippen molar-refractivity contribution < 1.29 is 27.9 Å². The van der Waals surface area contributed by atoms with Crippen LogP contribution in [0.25, 0.3) is 11.0 Å². The number of nitrogens with zero attached hydrogens (tertiary/aromatic N) is 1. The van der Waals surface area contributed by atoms with E-state index in [0.29, 0.717) is 22.1 Å². The van der Waals surface area contributed by atoms with Crippen LogP contribution in [0.1, 0.15) is 41.9 Å². The van der Waals surface area contributed by atoms with Gasteiger partial charge in [0.1, 0.15) is 16.9 Å². The fourth-order valence-corrected chi connectivity index (χ4v) is 4.30. The Labute approximate surface area is 191 Å². The Morgan fingerprint density at radius 3 is 2.56 bits per heavy atom. The van der Waals surface area contributed by atoms with E-state index in [1.807, 2.05) is 0 Å². The van der Waals surface area contributed by atoms with Gasteiger partial charge in [-0.25, -0.2) is 14.0 Å². The van der Waals surface area contributed by atoms with Crippen molar-refractivity contribution in [2.45, 2.75) is 32.4 Å². The second-order valence-electron chi connectivity index (χ2n) is 7.36. The summed E-state index contributed by atoms with van der Waals surface area (Å²) in [5, 5.41) is 3.34. The first kappa shape index (κ1) is 22.0. The lowest BCUT2D eigenvalue weighted by Crippen LogP contribution is -2.43. The molecule has 4 rings (SSSR count). The summed E-state index contributed by atoms with van der Waals surface area (Å²) in [5.41, 5.74) is -0.0462. The van der Waals surface area contributed by atoms with E-state index in [4.69, 9.17) is 9.15 Å². The molecule has 1 saturated heterocycles. The van der Waals surface area contributed by atoms with Crippen LogP contribution in [0.15, 0.2) is 51.4 Å². The van der Waals surface area contributed by atoms with Crippen LogP contribution in [0.3, 0.4) is 0 Å². The fourth-order valence-electron chi connectivity index (χ4n) is 3.94. The monoisotopic (exact) mass is 502 g/mol. The molecule has 3 aromatic rings. The van der Waals surface area contributed by atoms with E-state index in [2.05, 4.69) is 21.2 Å². The third-order valence-corrected chi connectivity index (χ3v) is 6.07. The molecule has 9 heteroatoms. The van der Waals surface area contributed by atoms with E-state index in [0.717, 1.165) is 9.37 Å². The fraction of sp³-hybridized carbons (Fsp3) is 0.261. The van der Waals surface area contributed by atoms with Crippen molar-refractivity contribution in [3.05, 3.63) is 69.6 Å². The first-order valence-corrected chi connectivity index (χ1v) is 10.9. The van der Waals surface area contributed by atoms with Gasteiger partial charge in [-0.05, 0) is 49.2 Å². The lowest BCUT2D eigenvalue weighted by atomic mass is 9.87. The van der Waals surface area contributed by atoms with Gasteiger partial charge in [0, 0.05) is 15.4 Å². The van der Waals surface area contributed by atoms with Gasteiger partial charge >= 0.3 is 12.0 Å². The number of furan rings is 1. The average Bonchev–Trinajstić information content (AvgIpc) is 3.25. The first-order valence-electron chi connectivity index (χ1n) is 10.1. The van der Waals surface area contributed by atoms with Crippen LogP contribution in [0.2, 0.25) is 0 Å². The van der Waals surface area contributed by atoms with Crippen molar-refractivity contribution in [3.63, 3.8) is 0 Å². The molecule has 7 nitrogen and oxygen atoms in total. The standard InChI is InChI=1S/C23H20BrFN2O5/c1-3-23(13-5-8-15(25)9-6-13)21(29)27(22(30)26-23)12-17-16-11-14(24)7-10-18(16)32-19(17)20(28)31-4-2/h5-11H,3-4,12H2,1-2H3,(H,26,30). The van der Waals surface area contributed by atoms with E-state index >= 15 is 0 Å². The highest BCUT2D eigenvalue weighted by Crippen LogP contribution is 2.36. The number of fused-ring (bicyclic) bond motifs is 1. The summed E-state index contributed by atoms with van der Waals surface area (Å²) >= 11 is 3.40. The predicted octanol–water partition coefficient (Wildman–Crippen LogP) is 4.87. The van der Waals surface area contributed by atoms with Crippen molar-refractivity contribution in [1.29, 1.82) is 0 Å². The zero-order chi connectivity index (χ0) is 23.0. The Morgan fingerprint density at radius 1 is 1.19 bits per heavy atom. The summed E-state index contributed by atoms with van der Waals surface area (Å²) in [5.74, 6) is -1.67. The number of carbonyl (C=O) groups excluding carboxylic acids is 3. The number of hydrogen-bond donors (Lipinski definition) is 1. The molecule has 1 aromatic heterocycles. The van der Waals surface area contributed by atoms with Gasteiger partial charge in [0.25, 0.3) is 5.91 Å². The molecule has 1 aliphatic rings. The molecule has 1 fully saturated rings. The van der Waals surface area contributed by atoms with Crippen LogP contribution in [0, 0.1) is 5.82 Å². The van der Waals surface area contributed by atoms with Crippen LogP contribution in [0.5, 0.6) is 0 Å². The Kier molecular flexibility index (Phi) is 5.77. The maximum atomic E-state index is 13.5. The number of rotatable bonds is 6. The molecule has 0 spiro atoms. The number of amides is 3. The molecule has 2 heterocycles. The molecular formula is C23H20BrFN2O5. The number of halogens is 2. The van der Waals surface area contributed by atoms with Crippen molar-refractivity contribution in [3.8, 4) is 0 Å². The van der Waals surface area contributed by atoms with Crippen molar-refractivity contribution in [2.75, 3.05) is 6.61 Å². The minimum absolute atomic E-state index is 0.0590. The molecular weight excluding hydrogens is 483 g/mol. The Balaban J connectivity index is 1.77. The molecule has 1 atom stereocenters. The molecule has 1 aliphatic heterocycles. The molecule has 32 heavy (non-hydrogen) atoms. The number of hydrogen-bond acceptors (Lipinski definition) is 5. The Morgan fingerprint density at radius 2 is 1.91 bits per heavy atom. The van der Waals surface area contributed by atoms with Gasteiger partial charge in [-0.3, -0.25) is 9.69 Å². The van der Waals surface area contributed by atoms with Gasteiger partial charge in [0.05, 0.1) is 13.2 Å². The number of ether oxygens (including phenoxy) is 1. The number of imide groups is 1. The Bertz CT molecular complexity index is 1220. The lowest BCUT2D eigenvalue weighted by Gasteiger charge is -2.25. The molecule has 0 aliphatic carbocycles. The van der Waals surface area contributed by atoms with Crippen LogP contribution < -0.4 is 5.32 Å². The van der Waals surface area contributed by atoms with E-state index in [-0.39, 0.29) is 25.3 Å². The number of esters is 1. The molecule has 3 amide bonds. The molecule has 1 N–H and O–H groups in total. The average molecular weight is 503 g/mol. The summed E-state index contributed by atoms with van der Waals surface area (Å²) < 4.78 is 25.0. The summed E-state index contributed by atoms with van der Waals surface area (Å²) in [6, 6.07) is 10.0. The van der Waals surface area contributed by atoms with Crippen LogP contribution in [-0.4, -0.2) is 29.4 Å². The molecule has 2 aromatic carbocycles. The maximum Gasteiger partial charge on any atom is 0.374 e. The smallest absolute Gasteiger partial charge is 0.374 e. The quantitative estimate of drug-likeness (QED) is 0.383. The number of urea groups is 1. The SMILES string of the molecule is CCOC(=O)c1oc2ccc(Br)cc2c1CN1C(=O)NC(CC)(c2ccc(F)cc2)C1=O. The largest absolute Gasteiger partial charge is 0.460 e. The highest BCUT2D eigenvalue weighted by molar-refractivity contribution is 9.10. The zero-order valence-electron chi connectivity index (χ0n) is 17.4. The summed E-state index contributed by atoms with van der Waals surface area (Å²) in [6.07, 6.45) is 0.266. The van der Waals surface area contributed by atoms with E-state index in [1.54, 1.807) is 32.0 Å². The van der Waals surface area contributed by atoms with Gasteiger partial charge in [0.2, 0.25) is 5.76 Å². The maximum absolute atomic E-state index is 13.5. The van der Waals surface area contributed by atoms with E-state index in [1.165, 1.54) is 24.3 Å². The molecule has 1 unspecified atom stereocenters. The molecule has 166 valence electrons. The zero-order valence-corrected chi connectivity index (χ0v) is 19.0. The van der Waals surface area contributed by atoms with Crippen molar-refractivity contribution in [1.82, 2.24) is 10.2 Å². The van der Waals surface area contributed by atoms with Crippen LogP contribution in [-0.2, 0) is 21.6 Å². The van der Waals surface area contributed by atoms with E-state index < -0.39 is 29.3 Å². The van der Waals surface area contributed by atoms with Crippen molar-refractivity contribution >= 4 is 44.8 Å². The van der Waals surface area contributed by atoms with Gasteiger partial charge < -0.3 is 14.5 Å². The summed E-state index contributed by atoms with van der Waals surface area (Å²) in [6.45, 7) is 3.39. The van der Waals surface area contributed by atoms with Crippen molar-refractivity contribution in [2.24, 2.45) is 0 Å². The second-order valence-corrected chi connectivity index (χ2v) is 8.27. The van der Waals surface area contributed by atoms with Crippen LogP contribution in [0.4, 0.5) is 9.18 Å². The topological polar surface area (TPSA) is 88.8 Å². The highest BCUT2D eigenvalue weighted by Gasteiger charge is 2.51. The minimum Gasteiger partial charge on any atom is -0.460 e. The normalized spacial score (nSPS) is 18.3. The van der Waals surface area contributed by atoms with Gasteiger partial charge in [0.15, 0.2) is 0 Å². The molecule has 0 bridgehead atoms. The lowest BCUT2D eigenvalue weighted by molar-refractivity contribution is -0.132. The number of nitrogens with one attached hydrogen (secondary N) is 1. The minimum atomic E-state index is -1.32. The second kappa shape index (κ2) is 8.38. The third kappa shape index (κ3) is 3.56. The van der Waals surface area contributed by atoms with Gasteiger partial charge in [-0.1, -0.05) is 35.0 Å². The summed E-state index contributed by atoms with van der Waals surface area (Å²) in [7, 11) is 0. The van der Waals surface area contributed by atoms with Gasteiger partial charge in [-0.2, -0.15) is 0 Å². The molecule has 0 radical (unpaired) electrons. The number of benzene rings is 2. The Hall–Kier alpha value is -3.20. The predicted molar refractivity (Wildman–Crippen MR) is 117 cm³/mol.